The van der Waals surface area contributed by atoms with E-state index in [0.717, 1.165) is 6.42 Å². The van der Waals surface area contributed by atoms with Crippen molar-refractivity contribution in [3.05, 3.63) is 29.8 Å². The van der Waals surface area contributed by atoms with Gasteiger partial charge in [0, 0.05) is 30.7 Å². The van der Waals surface area contributed by atoms with E-state index < -0.39 is 23.3 Å². The average Bonchev–Trinajstić information content (AvgIpc) is 3.20. The normalized spacial score (nSPS) is 31.0. The van der Waals surface area contributed by atoms with Gasteiger partial charge in [-0.1, -0.05) is 12.1 Å². The molecular formula is C24H31F3N2O4. The molecule has 3 fully saturated rings. The standard InChI is InChI=1S/C24H31F3N2O4/c1-21(2)8-7-18(30)29(21)15-23(33)11-9-22(10-12-23)13-14-28(20(22)32)17-5-3-16(4-6-17)19(31)24(25,26)27/h3-6,19,31,33H,7-15H2,1-2H3/t19-,22-,23-/m1/s1. The molecule has 6 nitrogen and oxygen atoms in total. The third kappa shape index (κ3) is 4.37. The maximum Gasteiger partial charge on any atom is 0.418 e. The van der Waals surface area contributed by atoms with E-state index in [4.69, 9.17) is 0 Å². The van der Waals surface area contributed by atoms with Crippen molar-refractivity contribution in [2.24, 2.45) is 5.41 Å². The molecule has 1 spiro atoms. The fraction of sp³-hybridized carbons (Fsp3) is 0.667. The van der Waals surface area contributed by atoms with Gasteiger partial charge in [-0.2, -0.15) is 13.2 Å². The summed E-state index contributed by atoms with van der Waals surface area (Å²) >= 11 is 0. The van der Waals surface area contributed by atoms with Gasteiger partial charge in [-0.15, -0.1) is 0 Å². The van der Waals surface area contributed by atoms with Gasteiger partial charge >= 0.3 is 6.18 Å². The molecule has 3 aliphatic rings. The van der Waals surface area contributed by atoms with Crippen LogP contribution >= 0.6 is 0 Å². The van der Waals surface area contributed by atoms with E-state index in [2.05, 4.69) is 0 Å². The van der Waals surface area contributed by atoms with Crippen LogP contribution in [0.3, 0.4) is 0 Å². The van der Waals surface area contributed by atoms with Crippen LogP contribution in [0, 0.1) is 5.41 Å². The van der Waals surface area contributed by atoms with Crippen LogP contribution < -0.4 is 4.90 Å². The molecule has 2 aliphatic heterocycles. The number of aliphatic hydroxyl groups excluding tert-OH is 1. The predicted octanol–water partition coefficient (Wildman–Crippen LogP) is 3.71. The van der Waals surface area contributed by atoms with Gasteiger partial charge in [0.25, 0.3) is 0 Å². The summed E-state index contributed by atoms with van der Waals surface area (Å²) in [5, 5.41) is 20.6. The summed E-state index contributed by atoms with van der Waals surface area (Å²) in [5.41, 5.74) is -1.67. The first kappa shape index (κ1) is 24.0. The third-order valence-electron chi connectivity index (χ3n) is 7.92. The minimum absolute atomic E-state index is 0.0518. The lowest BCUT2D eigenvalue weighted by Gasteiger charge is -2.44. The highest BCUT2D eigenvalue weighted by Gasteiger charge is 2.53. The Morgan fingerprint density at radius 1 is 1.00 bits per heavy atom. The summed E-state index contributed by atoms with van der Waals surface area (Å²) in [6.45, 7) is 4.73. The largest absolute Gasteiger partial charge is 0.418 e. The zero-order valence-corrected chi connectivity index (χ0v) is 19.0. The quantitative estimate of drug-likeness (QED) is 0.706. The lowest BCUT2D eigenvalue weighted by Crippen LogP contribution is -2.53. The maximum atomic E-state index is 13.3. The highest BCUT2D eigenvalue weighted by molar-refractivity contribution is 6.00. The number of aliphatic hydroxyl groups is 2. The number of alkyl halides is 3. The van der Waals surface area contributed by atoms with Crippen molar-refractivity contribution in [1.82, 2.24) is 4.90 Å². The summed E-state index contributed by atoms with van der Waals surface area (Å²) in [6.07, 6.45) is -3.59. The van der Waals surface area contributed by atoms with Crippen LogP contribution in [0.15, 0.2) is 24.3 Å². The van der Waals surface area contributed by atoms with E-state index in [1.54, 1.807) is 9.80 Å². The molecule has 33 heavy (non-hydrogen) atoms. The number of β-amino-alcohol motifs (C(OH)–C–C–N with tert-alkyl or cyclic N) is 1. The van der Waals surface area contributed by atoms with Gasteiger partial charge in [0.05, 0.1) is 11.0 Å². The highest BCUT2D eigenvalue weighted by Crippen LogP contribution is 2.49. The van der Waals surface area contributed by atoms with Gasteiger partial charge in [-0.25, -0.2) is 0 Å². The van der Waals surface area contributed by atoms with E-state index in [1.807, 2.05) is 13.8 Å². The van der Waals surface area contributed by atoms with Gasteiger partial charge < -0.3 is 20.0 Å². The second-order valence-corrected chi connectivity index (χ2v) is 10.5. The molecule has 1 aromatic carbocycles. The molecule has 1 aromatic rings. The molecule has 0 unspecified atom stereocenters. The molecule has 2 saturated heterocycles. The molecule has 2 N–H and O–H groups in total. The Bertz CT molecular complexity index is 921. The topological polar surface area (TPSA) is 81.1 Å². The SMILES string of the molecule is CC1(C)CCC(=O)N1C[C@]1(O)CC[C@@]2(CCN(c3ccc([C@@H](O)C(F)(F)F)cc3)C2=O)CC1. The third-order valence-corrected chi connectivity index (χ3v) is 7.92. The molecule has 182 valence electrons. The zero-order chi connectivity index (χ0) is 24.2. The van der Waals surface area contributed by atoms with Crippen LogP contribution in [0.1, 0.15) is 70.5 Å². The van der Waals surface area contributed by atoms with Gasteiger partial charge in [0.2, 0.25) is 11.8 Å². The Kier molecular flexibility index (Phi) is 5.80. The van der Waals surface area contributed by atoms with Crippen molar-refractivity contribution in [2.45, 2.75) is 82.2 Å². The molecule has 1 atom stereocenters. The fourth-order valence-corrected chi connectivity index (χ4v) is 5.53. The van der Waals surface area contributed by atoms with Crippen LogP contribution in [-0.4, -0.2) is 57.3 Å². The second kappa shape index (κ2) is 7.98. The molecule has 9 heteroatoms. The summed E-state index contributed by atoms with van der Waals surface area (Å²) < 4.78 is 38.2. The lowest BCUT2D eigenvalue weighted by atomic mass is 9.67. The van der Waals surface area contributed by atoms with Crippen LogP contribution in [-0.2, 0) is 9.59 Å². The molecule has 0 aromatic heterocycles. The maximum absolute atomic E-state index is 13.3. The first-order valence-corrected chi connectivity index (χ1v) is 11.5. The Morgan fingerprint density at radius 3 is 2.12 bits per heavy atom. The monoisotopic (exact) mass is 468 g/mol. The van der Waals surface area contributed by atoms with Gasteiger partial charge in [-0.3, -0.25) is 9.59 Å². The Balaban J connectivity index is 1.42. The molecule has 0 radical (unpaired) electrons. The number of amides is 2. The van der Waals surface area contributed by atoms with Crippen LogP contribution in [0.2, 0.25) is 0 Å². The van der Waals surface area contributed by atoms with E-state index in [0.29, 0.717) is 50.8 Å². The number of nitrogens with zero attached hydrogens (tertiary/aromatic N) is 2. The lowest BCUT2D eigenvalue weighted by molar-refractivity contribution is -0.206. The van der Waals surface area contributed by atoms with Crippen molar-refractivity contribution in [3.63, 3.8) is 0 Å². The molecule has 2 heterocycles. The molecule has 4 rings (SSSR count). The average molecular weight is 469 g/mol. The Labute approximate surface area is 191 Å². The van der Waals surface area contributed by atoms with E-state index >= 15 is 0 Å². The highest BCUT2D eigenvalue weighted by atomic mass is 19.4. The molecule has 1 aliphatic carbocycles. The predicted molar refractivity (Wildman–Crippen MR) is 115 cm³/mol. The fourth-order valence-electron chi connectivity index (χ4n) is 5.53. The minimum Gasteiger partial charge on any atom is -0.388 e. The summed E-state index contributed by atoms with van der Waals surface area (Å²) in [4.78, 5) is 29.0. The van der Waals surface area contributed by atoms with E-state index in [-0.39, 0.29) is 29.5 Å². The second-order valence-electron chi connectivity index (χ2n) is 10.5. The number of anilines is 1. The number of halogens is 3. The van der Waals surface area contributed by atoms with Crippen molar-refractivity contribution < 1.29 is 33.0 Å². The molecule has 1 saturated carbocycles. The Morgan fingerprint density at radius 2 is 1.61 bits per heavy atom. The molecular weight excluding hydrogens is 437 g/mol. The number of carbonyl (C=O) groups is 2. The van der Waals surface area contributed by atoms with Gasteiger partial charge in [-0.05, 0) is 70.1 Å². The molecule has 2 amide bonds. The van der Waals surface area contributed by atoms with E-state index in [1.165, 1.54) is 24.3 Å². The summed E-state index contributed by atoms with van der Waals surface area (Å²) in [6, 6.07) is 5.25. The summed E-state index contributed by atoms with van der Waals surface area (Å²) in [7, 11) is 0. The molecule has 0 bridgehead atoms. The van der Waals surface area contributed by atoms with Crippen molar-refractivity contribution >= 4 is 17.5 Å². The van der Waals surface area contributed by atoms with Crippen LogP contribution in [0.5, 0.6) is 0 Å². The van der Waals surface area contributed by atoms with E-state index in [9.17, 15) is 33.0 Å². The Hall–Kier alpha value is -2.13. The number of benzene rings is 1. The van der Waals surface area contributed by atoms with Gasteiger partial charge in [0.15, 0.2) is 6.10 Å². The first-order chi connectivity index (χ1) is 15.3. The zero-order valence-electron chi connectivity index (χ0n) is 19.0. The van der Waals surface area contributed by atoms with Crippen LogP contribution in [0.25, 0.3) is 0 Å². The number of hydrogen-bond donors (Lipinski definition) is 2. The summed E-state index contributed by atoms with van der Waals surface area (Å²) in [5.74, 6) is -0.0258. The first-order valence-electron chi connectivity index (χ1n) is 11.5. The minimum atomic E-state index is -4.75. The number of rotatable bonds is 4. The van der Waals surface area contributed by atoms with Crippen molar-refractivity contribution in [1.29, 1.82) is 0 Å². The van der Waals surface area contributed by atoms with Crippen molar-refractivity contribution in [3.8, 4) is 0 Å². The van der Waals surface area contributed by atoms with Gasteiger partial charge in [0.1, 0.15) is 0 Å². The van der Waals surface area contributed by atoms with Crippen molar-refractivity contribution in [2.75, 3.05) is 18.0 Å². The number of likely N-dealkylation sites (tertiary alicyclic amines) is 1. The van der Waals surface area contributed by atoms with Crippen LogP contribution in [0.4, 0.5) is 18.9 Å². The smallest absolute Gasteiger partial charge is 0.388 e. The number of carbonyl (C=O) groups excluding carboxylic acids is 2. The number of hydrogen-bond acceptors (Lipinski definition) is 4.